The van der Waals surface area contributed by atoms with Crippen LogP contribution in [-0.4, -0.2) is 93.4 Å². The molecule has 0 aliphatic carbocycles. The molecule has 37 heavy (non-hydrogen) atoms. The lowest BCUT2D eigenvalue weighted by molar-refractivity contribution is -0.143. The minimum Gasteiger partial charge on any atom is -0.493 e. The van der Waals surface area contributed by atoms with Crippen molar-refractivity contribution >= 4 is 21.9 Å². The number of benzene rings is 1. The van der Waals surface area contributed by atoms with Crippen LogP contribution in [0.5, 0.6) is 5.75 Å². The highest BCUT2D eigenvalue weighted by atomic mass is 32.2. The summed E-state index contributed by atoms with van der Waals surface area (Å²) in [5, 5.41) is 10.3. The van der Waals surface area contributed by atoms with E-state index >= 15 is 0 Å². The number of carboxylic acids is 1. The Morgan fingerprint density at radius 2 is 2.00 bits per heavy atom. The number of hydrogen-bond acceptors (Lipinski definition) is 7. The number of unbranched alkanes of at least 4 members (excludes halogenated alkanes) is 2. The smallest absolute Gasteiger partial charge is 0.308 e. The first-order valence-corrected chi connectivity index (χ1v) is 15.2. The van der Waals surface area contributed by atoms with E-state index in [9.17, 15) is 23.1 Å². The maximum absolute atomic E-state index is 13.4. The molecule has 1 aromatic rings. The number of ether oxygens (including phenoxy) is 1. The predicted molar refractivity (Wildman–Crippen MR) is 142 cm³/mol. The largest absolute Gasteiger partial charge is 0.493 e. The lowest BCUT2D eigenvalue weighted by Gasteiger charge is -2.29. The molecule has 2 aliphatic heterocycles. The van der Waals surface area contributed by atoms with Crippen molar-refractivity contribution in [1.29, 1.82) is 0 Å². The number of nitrogens with one attached hydrogen (secondary N) is 1. The van der Waals surface area contributed by atoms with Crippen LogP contribution < -0.4 is 15.2 Å². The average Bonchev–Trinajstić information content (AvgIpc) is 3.44. The molecule has 10 nitrogen and oxygen atoms in total. The van der Waals surface area contributed by atoms with Crippen LogP contribution in [0.2, 0.25) is 0 Å². The third kappa shape index (κ3) is 8.13. The Morgan fingerprint density at radius 3 is 2.68 bits per heavy atom. The molecule has 1 aromatic carbocycles. The Kier molecular flexibility index (Phi) is 10.7. The number of nitrogens with two attached hydrogens (primary N) is 1. The van der Waals surface area contributed by atoms with Crippen molar-refractivity contribution in [2.45, 2.75) is 57.4 Å². The van der Waals surface area contributed by atoms with Crippen LogP contribution in [0.3, 0.4) is 0 Å². The van der Waals surface area contributed by atoms with Gasteiger partial charge in [0.15, 0.2) is 0 Å². The van der Waals surface area contributed by atoms with Gasteiger partial charge >= 0.3 is 5.97 Å². The summed E-state index contributed by atoms with van der Waals surface area (Å²) in [6.45, 7) is 5.18. The second-order valence-electron chi connectivity index (χ2n) is 10.1. The summed E-state index contributed by atoms with van der Waals surface area (Å²) in [6.07, 6.45) is 5.69. The van der Waals surface area contributed by atoms with E-state index in [4.69, 9.17) is 10.5 Å². The molecule has 1 fully saturated rings. The lowest BCUT2D eigenvalue weighted by atomic mass is 9.83. The van der Waals surface area contributed by atoms with Gasteiger partial charge < -0.3 is 20.5 Å². The molecule has 0 bridgehead atoms. The summed E-state index contributed by atoms with van der Waals surface area (Å²) in [5.74, 6) is -1.22. The zero-order valence-electron chi connectivity index (χ0n) is 22.0. The molecule has 3 rings (SSSR count). The quantitative estimate of drug-likeness (QED) is 0.285. The molecule has 0 aromatic heterocycles. The van der Waals surface area contributed by atoms with E-state index in [1.54, 1.807) is 0 Å². The molecule has 1 saturated heterocycles. The fourth-order valence-electron chi connectivity index (χ4n) is 5.45. The number of aliphatic carboxylic acids is 1. The van der Waals surface area contributed by atoms with E-state index in [-0.39, 0.29) is 24.9 Å². The van der Waals surface area contributed by atoms with Crippen LogP contribution in [0.1, 0.15) is 56.1 Å². The number of carboxylic acid groups (broad SMARTS) is 1. The summed E-state index contributed by atoms with van der Waals surface area (Å²) >= 11 is 0. The molecule has 11 heteroatoms. The fourth-order valence-corrected chi connectivity index (χ4v) is 5.94. The first-order chi connectivity index (χ1) is 17.6. The van der Waals surface area contributed by atoms with Crippen molar-refractivity contribution in [3.8, 4) is 5.75 Å². The van der Waals surface area contributed by atoms with Gasteiger partial charge in [0.25, 0.3) is 0 Å². The maximum Gasteiger partial charge on any atom is 0.308 e. The lowest BCUT2D eigenvalue weighted by Crippen LogP contribution is -2.45. The molecule has 208 valence electrons. The Labute approximate surface area is 220 Å². The van der Waals surface area contributed by atoms with Crippen molar-refractivity contribution in [3.63, 3.8) is 0 Å². The Bertz CT molecular complexity index is 1030. The molecule has 0 spiro atoms. The molecule has 0 unspecified atom stereocenters. The van der Waals surface area contributed by atoms with Crippen molar-refractivity contribution < 1.29 is 27.9 Å². The van der Waals surface area contributed by atoms with Gasteiger partial charge in [0.05, 0.1) is 25.3 Å². The monoisotopic (exact) mass is 538 g/mol. The zero-order valence-corrected chi connectivity index (χ0v) is 22.8. The van der Waals surface area contributed by atoms with E-state index in [2.05, 4.69) is 11.6 Å². The molecule has 4 N–H and O–H groups in total. The first-order valence-electron chi connectivity index (χ1n) is 13.3. The number of likely N-dealkylation sites (tertiary alicyclic amines) is 1. The summed E-state index contributed by atoms with van der Waals surface area (Å²) < 4.78 is 31.4. The third-order valence-electron chi connectivity index (χ3n) is 7.33. The van der Waals surface area contributed by atoms with Crippen molar-refractivity contribution in [3.05, 3.63) is 29.3 Å². The van der Waals surface area contributed by atoms with Crippen molar-refractivity contribution in [1.82, 2.24) is 14.5 Å². The molecule has 1 amide bonds. The predicted octanol–water partition coefficient (Wildman–Crippen LogP) is 1.40. The number of sulfonamides is 1. The van der Waals surface area contributed by atoms with Gasteiger partial charge in [0, 0.05) is 44.6 Å². The van der Waals surface area contributed by atoms with Crippen LogP contribution in [-0.2, 0) is 26.0 Å². The second-order valence-corrected chi connectivity index (χ2v) is 12.0. The van der Waals surface area contributed by atoms with Crippen molar-refractivity contribution in [2.75, 3.05) is 52.1 Å². The van der Waals surface area contributed by atoms with Gasteiger partial charge in [-0.1, -0.05) is 25.5 Å². The van der Waals surface area contributed by atoms with Gasteiger partial charge in [-0.3, -0.25) is 14.5 Å². The zero-order chi connectivity index (χ0) is 27.0. The van der Waals surface area contributed by atoms with E-state index in [0.717, 1.165) is 55.2 Å². The number of carbonyl (C=O) groups excluding carboxylic acids is 1. The van der Waals surface area contributed by atoms with Gasteiger partial charge in [-0.05, 0) is 49.4 Å². The Hall–Kier alpha value is -2.21. The van der Waals surface area contributed by atoms with Gasteiger partial charge in [-0.25, -0.2) is 13.1 Å². The standard InChI is InChI=1S/C26H42N4O6S/c1-3-4-13-29(14-6-5-11-27)24(31)18-30-17-21(19-7-8-23-20(16-19)10-15-36-23)25(26(32)33)22(30)9-12-28-37(2,34)35/h7-8,16,21-22,25,28H,3-6,9-15,17-18,27H2,1-2H3,(H,32,33)/t21-,22+,25-/m1/s1. The van der Waals surface area contributed by atoms with Gasteiger partial charge in [0.1, 0.15) is 5.75 Å². The number of rotatable bonds is 15. The topological polar surface area (TPSA) is 142 Å². The number of nitrogens with zero attached hydrogens (tertiary/aromatic N) is 2. The third-order valence-corrected chi connectivity index (χ3v) is 8.06. The normalized spacial score (nSPS) is 21.5. The minimum atomic E-state index is -3.42. The van der Waals surface area contributed by atoms with Crippen molar-refractivity contribution in [2.24, 2.45) is 11.7 Å². The second kappa shape index (κ2) is 13.5. The maximum atomic E-state index is 13.4. The van der Waals surface area contributed by atoms with E-state index < -0.39 is 28.0 Å². The molecule has 2 heterocycles. The van der Waals surface area contributed by atoms with E-state index in [0.29, 0.717) is 39.2 Å². The molecular weight excluding hydrogens is 496 g/mol. The van der Waals surface area contributed by atoms with Gasteiger partial charge in [-0.2, -0.15) is 0 Å². The number of hydrogen-bond donors (Lipinski definition) is 3. The first kappa shape index (κ1) is 29.3. The minimum absolute atomic E-state index is 0.0290. The van der Waals surface area contributed by atoms with Crippen LogP contribution in [0.15, 0.2) is 18.2 Å². The number of carbonyl (C=O) groups is 2. The summed E-state index contributed by atoms with van der Waals surface area (Å²) in [7, 11) is -3.42. The fraction of sp³-hybridized carbons (Fsp3) is 0.692. The molecule has 0 saturated carbocycles. The van der Waals surface area contributed by atoms with E-state index in [1.807, 2.05) is 28.0 Å². The van der Waals surface area contributed by atoms with E-state index in [1.165, 1.54) is 0 Å². The van der Waals surface area contributed by atoms with Crippen LogP contribution in [0, 0.1) is 5.92 Å². The Balaban J connectivity index is 1.84. The molecule has 0 radical (unpaired) electrons. The highest BCUT2D eigenvalue weighted by Crippen LogP contribution is 2.41. The summed E-state index contributed by atoms with van der Waals surface area (Å²) in [5.41, 5.74) is 7.62. The summed E-state index contributed by atoms with van der Waals surface area (Å²) in [4.78, 5) is 29.8. The van der Waals surface area contributed by atoms with Crippen LogP contribution >= 0.6 is 0 Å². The molecule has 2 aliphatic rings. The average molecular weight is 539 g/mol. The number of fused-ring (bicyclic) bond motifs is 1. The Morgan fingerprint density at radius 1 is 1.24 bits per heavy atom. The summed E-state index contributed by atoms with van der Waals surface area (Å²) in [6, 6.07) is 5.36. The van der Waals surface area contributed by atoms with Crippen LogP contribution in [0.25, 0.3) is 0 Å². The van der Waals surface area contributed by atoms with Gasteiger partial charge in [-0.15, -0.1) is 0 Å². The SMILES string of the molecule is CCCCN(CCCCN)C(=O)CN1C[C@H](c2ccc3c(c2)CCO3)[C@@H](C(=O)O)[C@@H]1CCNS(C)(=O)=O. The molecule has 3 atom stereocenters. The highest BCUT2D eigenvalue weighted by Gasteiger charge is 2.47. The van der Waals surface area contributed by atoms with Gasteiger partial charge in [0.2, 0.25) is 15.9 Å². The highest BCUT2D eigenvalue weighted by molar-refractivity contribution is 7.88. The number of amides is 1. The van der Waals surface area contributed by atoms with Crippen LogP contribution in [0.4, 0.5) is 0 Å². The molecular formula is C26H42N4O6S.